The van der Waals surface area contributed by atoms with Crippen molar-refractivity contribution < 1.29 is 4.92 Å². The van der Waals surface area contributed by atoms with Crippen molar-refractivity contribution in [3.63, 3.8) is 0 Å². The van der Waals surface area contributed by atoms with E-state index in [2.05, 4.69) is 35.3 Å². The van der Waals surface area contributed by atoms with Crippen molar-refractivity contribution in [3.05, 3.63) is 57.4 Å². The first-order chi connectivity index (χ1) is 10.0. The van der Waals surface area contributed by atoms with Crippen LogP contribution in [0.1, 0.15) is 30.0 Å². The molecule has 5 heteroatoms. The Labute approximate surface area is 124 Å². The van der Waals surface area contributed by atoms with Crippen molar-refractivity contribution in [2.75, 3.05) is 5.32 Å². The monoisotopic (exact) mass is 287 g/mol. The number of aromatic nitrogens is 1. The third-order valence-corrected chi connectivity index (χ3v) is 3.52. The molecule has 0 fully saturated rings. The van der Waals surface area contributed by atoms with Crippen molar-refractivity contribution in [1.82, 2.24) is 4.57 Å². The number of nitrogens with zero attached hydrogens (tertiary/aromatic N) is 2. The zero-order chi connectivity index (χ0) is 15.4. The third-order valence-electron chi connectivity index (χ3n) is 3.52. The molecule has 0 spiro atoms. The zero-order valence-electron chi connectivity index (χ0n) is 12.7. The number of aryl methyl sites for hydroxylation is 3. The van der Waals surface area contributed by atoms with Gasteiger partial charge in [0.05, 0.1) is 4.92 Å². The highest BCUT2D eigenvalue weighted by Gasteiger charge is 2.13. The van der Waals surface area contributed by atoms with Gasteiger partial charge in [-0.3, -0.25) is 10.1 Å². The summed E-state index contributed by atoms with van der Waals surface area (Å²) in [5.74, 6) is 0. The van der Waals surface area contributed by atoms with Crippen LogP contribution in [-0.4, -0.2) is 9.49 Å². The number of hydrogen-bond donors (Lipinski definition) is 1. The maximum Gasteiger partial charge on any atom is 0.272 e. The average molecular weight is 287 g/mol. The van der Waals surface area contributed by atoms with E-state index >= 15 is 0 Å². The first-order valence-electron chi connectivity index (χ1n) is 7.15. The highest BCUT2D eigenvalue weighted by atomic mass is 16.6. The molecular formula is C16H21N3O2. The number of hydrogen-bond acceptors (Lipinski definition) is 3. The molecular weight excluding hydrogens is 266 g/mol. The molecule has 0 saturated carbocycles. The quantitative estimate of drug-likeness (QED) is 0.644. The van der Waals surface area contributed by atoms with Crippen LogP contribution in [0.2, 0.25) is 0 Å². The summed E-state index contributed by atoms with van der Waals surface area (Å²) in [5.41, 5.74) is 3.89. The van der Waals surface area contributed by atoms with Crippen LogP contribution in [0, 0.1) is 24.0 Å². The second kappa shape index (κ2) is 6.43. The minimum absolute atomic E-state index is 0.173. The smallest absolute Gasteiger partial charge is 0.272 e. The third kappa shape index (κ3) is 3.62. The second-order valence-electron chi connectivity index (χ2n) is 5.32. The van der Waals surface area contributed by atoms with Gasteiger partial charge in [-0.05, 0) is 43.5 Å². The van der Waals surface area contributed by atoms with E-state index in [1.807, 2.05) is 13.0 Å². The molecule has 2 aromatic rings. The first-order valence-corrected chi connectivity index (χ1v) is 7.15. The Morgan fingerprint density at radius 2 is 2.05 bits per heavy atom. The summed E-state index contributed by atoms with van der Waals surface area (Å²) in [6.07, 6.45) is 5.32. The van der Waals surface area contributed by atoms with Crippen LogP contribution in [0.4, 0.5) is 11.4 Å². The highest BCUT2D eigenvalue weighted by molar-refractivity contribution is 5.59. The number of benzene rings is 1. The molecule has 0 radical (unpaired) electrons. The van der Waals surface area contributed by atoms with Crippen molar-refractivity contribution >= 4 is 11.4 Å². The van der Waals surface area contributed by atoms with Crippen LogP contribution < -0.4 is 5.32 Å². The van der Waals surface area contributed by atoms with Crippen LogP contribution in [0.5, 0.6) is 0 Å². The largest absolute Gasteiger partial charge is 0.381 e. The van der Waals surface area contributed by atoms with E-state index in [4.69, 9.17) is 0 Å². The van der Waals surface area contributed by atoms with Crippen LogP contribution in [0.15, 0.2) is 30.6 Å². The van der Waals surface area contributed by atoms with E-state index in [-0.39, 0.29) is 10.6 Å². The van der Waals surface area contributed by atoms with E-state index in [1.54, 1.807) is 13.0 Å². The molecule has 0 saturated heterocycles. The molecule has 1 heterocycles. The standard InChI is InChI=1S/C16H21N3O2/c1-4-6-18-7-5-14(11-18)10-17-15-8-13(3)16(19(20)21)9-12(15)2/h5,7-9,11,17H,4,6,10H2,1-3H3. The lowest BCUT2D eigenvalue weighted by Gasteiger charge is -2.10. The number of nitrogens with one attached hydrogen (secondary N) is 1. The second-order valence-corrected chi connectivity index (χ2v) is 5.32. The van der Waals surface area contributed by atoms with Gasteiger partial charge in [0.25, 0.3) is 5.69 Å². The molecule has 21 heavy (non-hydrogen) atoms. The summed E-state index contributed by atoms with van der Waals surface area (Å²) in [6, 6.07) is 5.56. The minimum Gasteiger partial charge on any atom is -0.381 e. The predicted molar refractivity (Wildman–Crippen MR) is 84.6 cm³/mol. The van der Waals surface area contributed by atoms with Gasteiger partial charge in [0, 0.05) is 42.8 Å². The fourth-order valence-electron chi connectivity index (χ4n) is 2.38. The molecule has 0 aliphatic carbocycles. The van der Waals surface area contributed by atoms with Gasteiger partial charge in [0.1, 0.15) is 0 Å². The van der Waals surface area contributed by atoms with Gasteiger partial charge in [-0.2, -0.15) is 0 Å². The molecule has 2 rings (SSSR count). The summed E-state index contributed by atoms with van der Waals surface area (Å²) in [5, 5.41) is 14.3. The van der Waals surface area contributed by atoms with Gasteiger partial charge >= 0.3 is 0 Å². The fourth-order valence-corrected chi connectivity index (χ4v) is 2.38. The van der Waals surface area contributed by atoms with Gasteiger partial charge in [0.2, 0.25) is 0 Å². The summed E-state index contributed by atoms with van der Waals surface area (Å²) < 4.78 is 2.17. The van der Waals surface area contributed by atoms with Crippen LogP contribution in [0.25, 0.3) is 0 Å². The summed E-state index contributed by atoms with van der Waals surface area (Å²) in [7, 11) is 0. The van der Waals surface area contributed by atoms with E-state index in [0.717, 1.165) is 30.8 Å². The number of nitro benzene ring substituents is 1. The Morgan fingerprint density at radius 3 is 2.71 bits per heavy atom. The van der Waals surface area contributed by atoms with Crippen LogP contribution in [0.3, 0.4) is 0 Å². The Bertz CT molecular complexity index is 647. The van der Waals surface area contributed by atoms with E-state index < -0.39 is 0 Å². The molecule has 1 aromatic heterocycles. The maximum atomic E-state index is 10.9. The molecule has 0 bridgehead atoms. The highest BCUT2D eigenvalue weighted by Crippen LogP contribution is 2.26. The molecule has 0 unspecified atom stereocenters. The van der Waals surface area contributed by atoms with Crippen LogP contribution >= 0.6 is 0 Å². The maximum absolute atomic E-state index is 10.9. The Kier molecular flexibility index (Phi) is 4.62. The lowest BCUT2D eigenvalue weighted by atomic mass is 10.1. The van der Waals surface area contributed by atoms with Gasteiger partial charge < -0.3 is 9.88 Å². The lowest BCUT2D eigenvalue weighted by Crippen LogP contribution is -2.02. The van der Waals surface area contributed by atoms with Crippen molar-refractivity contribution in [2.24, 2.45) is 0 Å². The number of rotatable bonds is 6. The van der Waals surface area contributed by atoms with Gasteiger partial charge in [0.15, 0.2) is 0 Å². The number of nitro groups is 1. The minimum atomic E-state index is -0.336. The lowest BCUT2D eigenvalue weighted by molar-refractivity contribution is -0.385. The summed E-state index contributed by atoms with van der Waals surface area (Å²) in [6.45, 7) is 7.54. The van der Waals surface area contributed by atoms with Crippen molar-refractivity contribution in [3.8, 4) is 0 Å². The Hall–Kier alpha value is -2.30. The molecule has 1 N–H and O–H groups in total. The molecule has 0 amide bonds. The SMILES string of the molecule is CCCn1ccc(CNc2cc(C)c([N+](=O)[O-])cc2C)c1. The Morgan fingerprint density at radius 1 is 1.29 bits per heavy atom. The fraction of sp³-hybridized carbons (Fsp3) is 0.375. The predicted octanol–water partition coefficient (Wildman–Crippen LogP) is 4.04. The zero-order valence-corrected chi connectivity index (χ0v) is 12.7. The summed E-state index contributed by atoms with van der Waals surface area (Å²) >= 11 is 0. The van der Waals surface area contributed by atoms with E-state index in [9.17, 15) is 10.1 Å². The molecule has 1 aromatic carbocycles. The van der Waals surface area contributed by atoms with Crippen LogP contribution in [-0.2, 0) is 13.1 Å². The van der Waals surface area contributed by atoms with Gasteiger partial charge in [-0.15, -0.1) is 0 Å². The van der Waals surface area contributed by atoms with Crippen molar-refractivity contribution in [1.29, 1.82) is 0 Å². The Balaban J connectivity index is 2.09. The van der Waals surface area contributed by atoms with Gasteiger partial charge in [-0.25, -0.2) is 0 Å². The molecule has 0 atom stereocenters. The van der Waals surface area contributed by atoms with Crippen molar-refractivity contribution in [2.45, 2.75) is 40.3 Å². The number of anilines is 1. The molecule has 0 aliphatic heterocycles. The first kappa shape index (κ1) is 15.1. The van der Waals surface area contributed by atoms with Gasteiger partial charge in [-0.1, -0.05) is 6.92 Å². The molecule has 112 valence electrons. The molecule has 5 nitrogen and oxygen atoms in total. The van der Waals surface area contributed by atoms with E-state index in [1.165, 1.54) is 5.56 Å². The summed E-state index contributed by atoms with van der Waals surface area (Å²) in [4.78, 5) is 10.6. The average Bonchev–Trinajstić information content (AvgIpc) is 2.87. The van der Waals surface area contributed by atoms with E-state index in [0.29, 0.717) is 5.56 Å². The molecule has 0 aliphatic rings. The normalized spacial score (nSPS) is 10.6. The topological polar surface area (TPSA) is 60.1 Å².